The first-order valence-electron chi connectivity index (χ1n) is 6.26. The van der Waals surface area contributed by atoms with E-state index in [4.69, 9.17) is 0 Å². The minimum Gasteiger partial charge on any atom is -0.370 e. The first kappa shape index (κ1) is 12.6. The van der Waals surface area contributed by atoms with Gasteiger partial charge in [-0.3, -0.25) is 9.59 Å². The number of carbonyl (C=O) groups excluding carboxylic acids is 2. The number of rotatable bonds is 2. The lowest BCUT2D eigenvalue weighted by atomic mass is 10.2. The SMILES string of the molecule is CC(=O)N1CCCN(c2ccc(C=O)cc2)CC1. The van der Waals surface area contributed by atoms with Gasteiger partial charge in [-0.05, 0) is 30.7 Å². The zero-order chi connectivity index (χ0) is 13.0. The highest BCUT2D eigenvalue weighted by Gasteiger charge is 2.16. The summed E-state index contributed by atoms with van der Waals surface area (Å²) >= 11 is 0. The van der Waals surface area contributed by atoms with Crippen LogP contribution in [-0.2, 0) is 4.79 Å². The fourth-order valence-corrected chi connectivity index (χ4v) is 2.25. The Balaban J connectivity index is 2.04. The predicted octanol–water partition coefficient (Wildman–Crippen LogP) is 1.56. The van der Waals surface area contributed by atoms with Crippen LogP contribution in [0, 0.1) is 0 Å². The molecule has 4 nitrogen and oxygen atoms in total. The Kier molecular flexibility index (Phi) is 3.97. The second kappa shape index (κ2) is 5.67. The lowest BCUT2D eigenvalue weighted by molar-refractivity contribution is -0.128. The summed E-state index contributed by atoms with van der Waals surface area (Å²) < 4.78 is 0. The maximum Gasteiger partial charge on any atom is 0.219 e. The quantitative estimate of drug-likeness (QED) is 0.743. The summed E-state index contributed by atoms with van der Waals surface area (Å²) in [4.78, 5) is 26.1. The molecule has 0 unspecified atom stereocenters. The summed E-state index contributed by atoms with van der Waals surface area (Å²) in [6, 6.07) is 7.59. The Bertz CT molecular complexity index is 428. The molecule has 96 valence electrons. The number of hydrogen-bond donors (Lipinski definition) is 0. The molecular weight excluding hydrogens is 228 g/mol. The molecule has 1 amide bonds. The summed E-state index contributed by atoms with van der Waals surface area (Å²) in [5, 5.41) is 0. The average Bonchev–Trinajstić information content (AvgIpc) is 2.64. The fraction of sp³-hybridized carbons (Fsp3) is 0.429. The number of carbonyl (C=O) groups is 2. The van der Waals surface area contributed by atoms with Crippen LogP contribution in [0.2, 0.25) is 0 Å². The maximum atomic E-state index is 11.3. The van der Waals surface area contributed by atoms with Crippen molar-refractivity contribution in [3.05, 3.63) is 29.8 Å². The van der Waals surface area contributed by atoms with Gasteiger partial charge >= 0.3 is 0 Å². The van der Waals surface area contributed by atoms with Crippen molar-refractivity contribution in [2.24, 2.45) is 0 Å². The van der Waals surface area contributed by atoms with E-state index in [1.54, 1.807) is 6.92 Å². The molecule has 0 spiro atoms. The van der Waals surface area contributed by atoms with Crippen molar-refractivity contribution in [2.45, 2.75) is 13.3 Å². The van der Waals surface area contributed by atoms with Gasteiger partial charge in [-0.25, -0.2) is 0 Å². The van der Waals surface area contributed by atoms with Gasteiger partial charge in [0.1, 0.15) is 6.29 Å². The molecular formula is C14H18N2O2. The largest absolute Gasteiger partial charge is 0.370 e. The summed E-state index contributed by atoms with van der Waals surface area (Å²) in [5.41, 5.74) is 1.81. The second-order valence-electron chi connectivity index (χ2n) is 4.56. The average molecular weight is 246 g/mol. The molecule has 2 rings (SSSR count). The van der Waals surface area contributed by atoms with Crippen LogP contribution < -0.4 is 4.90 Å². The van der Waals surface area contributed by atoms with Gasteiger partial charge in [-0.15, -0.1) is 0 Å². The molecule has 0 bridgehead atoms. The van der Waals surface area contributed by atoms with Crippen molar-refractivity contribution in [3.63, 3.8) is 0 Å². The summed E-state index contributed by atoms with van der Waals surface area (Å²) in [5.74, 6) is 0.146. The molecule has 1 heterocycles. The Morgan fingerprint density at radius 1 is 1.11 bits per heavy atom. The number of anilines is 1. The normalized spacial score (nSPS) is 16.3. The molecule has 0 radical (unpaired) electrons. The van der Waals surface area contributed by atoms with Crippen LogP contribution in [0.3, 0.4) is 0 Å². The van der Waals surface area contributed by atoms with Gasteiger partial charge in [0.25, 0.3) is 0 Å². The Labute approximate surface area is 107 Å². The molecule has 0 saturated carbocycles. The van der Waals surface area contributed by atoms with Crippen LogP contribution >= 0.6 is 0 Å². The van der Waals surface area contributed by atoms with Crippen molar-refractivity contribution in [1.82, 2.24) is 4.90 Å². The topological polar surface area (TPSA) is 40.6 Å². The molecule has 0 N–H and O–H groups in total. The Hall–Kier alpha value is -1.84. The van der Waals surface area contributed by atoms with Crippen LogP contribution in [0.15, 0.2) is 24.3 Å². The van der Waals surface area contributed by atoms with Gasteiger partial charge in [0.2, 0.25) is 5.91 Å². The van der Waals surface area contributed by atoms with Gasteiger partial charge < -0.3 is 9.80 Å². The van der Waals surface area contributed by atoms with Gasteiger partial charge in [0.15, 0.2) is 0 Å². The molecule has 0 aromatic heterocycles. The van der Waals surface area contributed by atoms with E-state index in [1.165, 1.54) is 0 Å². The van der Waals surface area contributed by atoms with Crippen molar-refractivity contribution >= 4 is 17.9 Å². The van der Waals surface area contributed by atoms with Crippen molar-refractivity contribution < 1.29 is 9.59 Å². The number of nitrogens with zero attached hydrogens (tertiary/aromatic N) is 2. The van der Waals surface area contributed by atoms with Gasteiger partial charge in [-0.2, -0.15) is 0 Å². The van der Waals surface area contributed by atoms with E-state index in [9.17, 15) is 9.59 Å². The van der Waals surface area contributed by atoms with Crippen LogP contribution in [0.4, 0.5) is 5.69 Å². The smallest absolute Gasteiger partial charge is 0.219 e. The molecule has 1 aromatic carbocycles. The van der Waals surface area contributed by atoms with Gasteiger partial charge in [0.05, 0.1) is 0 Å². The predicted molar refractivity (Wildman–Crippen MR) is 70.9 cm³/mol. The van der Waals surface area contributed by atoms with Crippen molar-refractivity contribution in [2.75, 3.05) is 31.1 Å². The summed E-state index contributed by atoms with van der Waals surface area (Å²) in [7, 11) is 0. The van der Waals surface area contributed by atoms with E-state index >= 15 is 0 Å². The van der Waals surface area contributed by atoms with Crippen molar-refractivity contribution in [3.8, 4) is 0 Å². The third-order valence-corrected chi connectivity index (χ3v) is 3.34. The molecule has 1 aliphatic rings. The third kappa shape index (κ3) is 2.88. The maximum absolute atomic E-state index is 11.3. The molecule has 4 heteroatoms. The van der Waals surface area contributed by atoms with Gasteiger partial charge in [-0.1, -0.05) is 0 Å². The fourth-order valence-electron chi connectivity index (χ4n) is 2.25. The van der Waals surface area contributed by atoms with E-state index in [0.717, 1.165) is 44.6 Å². The van der Waals surface area contributed by atoms with E-state index in [2.05, 4.69) is 4.90 Å². The minimum atomic E-state index is 0.146. The highest BCUT2D eigenvalue weighted by atomic mass is 16.2. The molecule has 0 atom stereocenters. The number of aldehydes is 1. The van der Waals surface area contributed by atoms with E-state index in [0.29, 0.717) is 5.56 Å². The first-order chi connectivity index (χ1) is 8.70. The summed E-state index contributed by atoms with van der Waals surface area (Å²) in [6.07, 6.45) is 1.83. The Morgan fingerprint density at radius 2 is 1.83 bits per heavy atom. The van der Waals surface area contributed by atoms with E-state index in [-0.39, 0.29) is 5.91 Å². The molecule has 0 aliphatic carbocycles. The molecule has 1 saturated heterocycles. The van der Waals surface area contributed by atoms with Crippen LogP contribution in [0.25, 0.3) is 0 Å². The highest BCUT2D eigenvalue weighted by molar-refractivity contribution is 5.76. The van der Waals surface area contributed by atoms with E-state index in [1.807, 2.05) is 29.2 Å². The van der Waals surface area contributed by atoms with E-state index < -0.39 is 0 Å². The summed E-state index contributed by atoms with van der Waals surface area (Å²) in [6.45, 7) is 5.02. The molecule has 1 aromatic rings. The molecule has 1 fully saturated rings. The zero-order valence-electron chi connectivity index (χ0n) is 10.6. The standard InChI is InChI=1S/C14H18N2O2/c1-12(18)15-7-2-8-16(10-9-15)14-5-3-13(11-17)4-6-14/h3-6,11H,2,7-10H2,1H3. The minimum absolute atomic E-state index is 0.146. The monoisotopic (exact) mass is 246 g/mol. The van der Waals surface area contributed by atoms with Crippen molar-refractivity contribution in [1.29, 1.82) is 0 Å². The van der Waals surface area contributed by atoms with Crippen LogP contribution in [0.1, 0.15) is 23.7 Å². The first-order valence-corrected chi connectivity index (χ1v) is 6.26. The lowest BCUT2D eigenvalue weighted by Gasteiger charge is -2.23. The zero-order valence-corrected chi connectivity index (χ0v) is 10.6. The lowest BCUT2D eigenvalue weighted by Crippen LogP contribution is -2.33. The second-order valence-corrected chi connectivity index (χ2v) is 4.56. The molecule has 1 aliphatic heterocycles. The third-order valence-electron chi connectivity index (χ3n) is 3.34. The van der Waals surface area contributed by atoms with Gasteiger partial charge in [0, 0.05) is 44.4 Å². The Morgan fingerprint density at radius 3 is 2.44 bits per heavy atom. The number of amides is 1. The van der Waals surface area contributed by atoms with Crippen LogP contribution in [0.5, 0.6) is 0 Å². The number of hydrogen-bond acceptors (Lipinski definition) is 3. The number of benzene rings is 1. The van der Waals surface area contributed by atoms with Crippen LogP contribution in [-0.4, -0.2) is 43.3 Å². The molecule has 18 heavy (non-hydrogen) atoms. The highest BCUT2D eigenvalue weighted by Crippen LogP contribution is 2.17.